The van der Waals surface area contributed by atoms with Crippen LogP contribution in [0.3, 0.4) is 0 Å². The molecule has 0 aliphatic carbocycles. The number of aromatic nitrogens is 1. The van der Waals surface area contributed by atoms with E-state index >= 15 is 0 Å². The summed E-state index contributed by atoms with van der Waals surface area (Å²) in [7, 11) is 3.15. The molecule has 0 amide bonds. The van der Waals surface area contributed by atoms with Gasteiger partial charge in [0.05, 0.1) is 26.0 Å². The van der Waals surface area contributed by atoms with Crippen LogP contribution in [0.5, 0.6) is 11.5 Å². The summed E-state index contributed by atoms with van der Waals surface area (Å²) < 4.78 is 10.6. The highest BCUT2D eigenvalue weighted by molar-refractivity contribution is 7.10. The third-order valence-corrected chi connectivity index (χ3v) is 6.21. The van der Waals surface area contributed by atoms with E-state index in [0.29, 0.717) is 27.8 Å². The molecule has 3 aromatic carbocycles. The number of ether oxygens (including phenoxy) is 2. The molecule has 0 fully saturated rings. The third-order valence-electron chi connectivity index (χ3n) is 5.30. The lowest BCUT2D eigenvalue weighted by atomic mass is 9.92. The van der Waals surface area contributed by atoms with Gasteiger partial charge in [0.15, 0.2) is 23.2 Å². The van der Waals surface area contributed by atoms with Crippen molar-refractivity contribution < 1.29 is 14.3 Å². The van der Waals surface area contributed by atoms with Gasteiger partial charge in [-0.25, -0.2) is 4.98 Å². The van der Waals surface area contributed by atoms with E-state index in [2.05, 4.69) is 11.1 Å². The number of thiazole rings is 1. The van der Waals surface area contributed by atoms with Crippen LogP contribution in [0.4, 0.5) is 0 Å². The van der Waals surface area contributed by atoms with Crippen LogP contribution in [0.1, 0.15) is 26.8 Å². The number of benzene rings is 3. The van der Waals surface area contributed by atoms with Crippen LogP contribution in [0, 0.1) is 18.3 Å². The predicted octanol–water partition coefficient (Wildman–Crippen LogP) is 5.78. The number of nitrogens with zero attached hydrogens (tertiary/aromatic N) is 2. The Hall–Kier alpha value is -3.69. The lowest BCUT2D eigenvalue weighted by Crippen LogP contribution is -2.12. The van der Waals surface area contributed by atoms with Gasteiger partial charge in [0.1, 0.15) is 5.01 Å². The van der Waals surface area contributed by atoms with Gasteiger partial charge in [0, 0.05) is 16.5 Å². The first kappa shape index (κ1) is 20.6. The molecule has 0 bridgehead atoms. The minimum Gasteiger partial charge on any atom is -0.493 e. The molecule has 154 valence electrons. The van der Waals surface area contributed by atoms with Crippen molar-refractivity contribution in [2.75, 3.05) is 14.2 Å². The molecule has 0 spiro atoms. The Bertz CT molecular complexity index is 1320. The Balaban J connectivity index is 1.68. The topological polar surface area (TPSA) is 72.2 Å². The summed E-state index contributed by atoms with van der Waals surface area (Å²) >= 11 is 1.31. The Morgan fingerprint density at radius 2 is 1.84 bits per heavy atom. The second-order valence-corrected chi connectivity index (χ2v) is 7.92. The molecule has 5 nitrogen and oxygen atoms in total. The van der Waals surface area contributed by atoms with Crippen molar-refractivity contribution in [1.82, 2.24) is 4.98 Å². The minimum atomic E-state index is -0.959. The lowest BCUT2D eigenvalue weighted by Gasteiger charge is -2.11. The van der Waals surface area contributed by atoms with Gasteiger partial charge >= 0.3 is 0 Å². The van der Waals surface area contributed by atoms with Crippen LogP contribution >= 0.6 is 11.3 Å². The molecule has 4 rings (SSSR count). The zero-order valence-electron chi connectivity index (χ0n) is 17.4. The van der Waals surface area contributed by atoms with Crippen molar-refractivity contribution in [2.45, 2.75) is 12.8 Å². The average molecular weight is 429 g/mol. The van der Waals surface area contributed by atoms with Crippen LogP contribution in [0.25, 0.3) is 22.0 Å². The van der Waals surface area contributed by atoms with Gasteiger partial charge in [-0.2, -0.15) is 5.26 Å². The van der Waals surface area contributed by atoms with Gasteiger partial charge in [0.2, 0.25) is 0 Å². The van der Waals surface area contributed by atoms with Crippen molar-refractivity contribution in [3.8, 4) is 28.8 Å². The van der Waals surface area contributed by atoms with E-state index in [1.807, 2.05) is 54.8 Å². The molecule has 0 aliphatic heterocycles. The molecule has 0 saturated carbocycles. The number of carbonyl (C=O) groups is 1. The number of rotatable bonds is 6. The van der Waals surface area contributed by atoms with Crippen LogP contribution in [-0.2, 0) is 0 Å². The fraction of sp³-hybridized carbons (Fsp3) is 0.160. The zero-order valence-corrected chi connectivity index (χ0v) is 18.2. The quantitative estimate of drug-likeness (QED) is 0.364. The number of hydrogen-bond donors (Lipinski definition) is 0. The molecular weight excluding hydrogens is 408 g/mol. The first-order valence-corrected chi connectivity index (χ1v) is 10.5. The van der Waals surface area contributed by atoms with E-state index in [0.717, 1.165) is 21.9 Å². The molecule has 0 radical (unpaired) electrons. The van der Waals surface area contributed by atoms with Crippen molar-refractivity contribution >= 4 is 27.9 Å². The smallest absolute Gasteiger partial charge is 0.187 e. The predicted molar refractivity (Wildman–Crippen MR) is 122 cm³/mol. The summed E-state index contributed by atoms with van der Waals surface area (Å²) in [5, 5.41) is 14.2. The number of fused-ring (bicyclic) bond motifs is 1. The van der Waals surface area contributed by atoms with Gasteiger partial charge in [-0.1, -0.05) is 36.4 Å². The van der Waals surface area contributed by atoms with E-state index in [-0.39, 0.29) is 5.78 Å². The van der Waals surface area contributed by atoms with Crippen LogP contribution in [0.15, 0.2) is 60.0 Å². The minimum absolute atomic E-state index is 0.237. The second-order valence-electron chi connectivity index (χ2n) is 7.03. The van der Waals surface area contributed by atoms with E-state index in [4.69, 9.17) is 9.47 Å². The molecule has 1 aromatic heterocycles. The van der Waals surface area contributed by atoms with Crippen molar-refractivity contribution in [3.05, 3.63) is 76.1 Å². The largest absolute Gasteiger partial charge is 0.493 e. The fourth-order valence-electron chi connectivity index (χ4n) is 3.62. The molecule has 6 heteroatoms. The maximum atomic E-state index is 13.3. The third kappa shape index (κ3) is 3.76. The number of Topliss-reactive ketones (excluding diaryl/α,β-unsaturated/α-hetero) is 1. The maximum absolute atomic E-state index is 13.3. The summed E-state index contributed by atoms with van der Waals surface area (Å²) in [6.45, 7) is 1.92. The first-order valence-electron chi connectivity index (χ1n) is 9.67. The molecule has 1 unspecified atom stereocenters. The summed E-state index contributed by atoms with van der Waals surface area (Å²) in [6.07, 6.45) is 0. The van der Waals surface area contributed by atoms with Crippen molar-refractivity contribution in [1.29, 1.82) is 5.26 Å². The van der Waals surface area contributed by atoms with Crippen molar-refractivity contribution in [2.24, 2.45) is 0 Å². The number of methoxy groups -OCH3 is 2. The van der Waals surface area contributed by atoms with Crippen LogP contribution < -0.4 is 9.47 Å². The van der Waals surface area contributed by atoms with Gasteiger partial charge in [0.25, 0.3) is 0 Å². The van der Waals surface area contributed by atoms with E-state index < -0.39 is 5.92 Å². The molecule has 0 saturated heterocycles. The highest BCUT2D eigenvalue weighted by atomic mass is 32.1. The summed E-state index contributed by atoms with van der Waals surface area (Å²) in [4.78, 5) is 17.9. The Morgan fingerprint density at radius 1 is 1.06 bits per heavy atom. The van der Waals surface area contributed by atoms with Crippen LogP contribution in [0.2, 0.25) is 0 Å². The standard InChI is InChI=1S/C25H20N2O3S/c1-15-18-7-5-4-6-16(18)8-10-19(15)24(28)20(13-26)25-27-21(14-31-25)17-9-11-22(29-2)23(12-17)30-3/h4-12,14,20H,1-3H3. The monoisotopic (exact) mass is 428 g/mol. The first-order chi connectivity index (χ1) is 15.1. The molecule has 0 aliphatic rings. The van der Waals surface area contributed by atoms with E-state index in [1.165, 1.54) is 11.3 Å². The number of carbonyl (C=O) groups excluding carboxylic acids is 1. The normalized spacial score (nSPS) is 11.7. The average Bonchev–Trinajstić information content (AvgIpc) is 3.29. The van der Waals surface area contributed by atoms with Gasteiger partial charge in [-0.3, -0.25) is 4.79 Å². The summed E-state index contributed by atoms with van der Waals surface area (Å²) in [5.41, 5.74) is 2.93. The SMILES string of the molecule is COc1ccc(-c2csc(C(C#N)C(=O)c3ccc4ccccc4c3C)n2)cc1OC. The number of ketones is 1. The fourth-order valence-corrected chi connectivity index (χ4v) is 4.49. The molecule has 1 atom stereocenters. The zero-order chi connectivity index (χ0) is 22.0. The Labute approximate surface area is 184 Å². The molecule has 4 aromatic rings. The molecule has 0 N–H and O–H groups in total. The number of hydrogen-bond acceptors (Lipinski definition) is 6. The lowest BCUT2D eigenvalue weighted by molar-refractivity contribution is 0.0978. The Kier molecular flexibility index (Phi) is 5.70. The van der Waals surface area contributed by atoms with Gasteiger partial charge < -0.3 is 9.47 Å². The van der Waals surface area contributed by atoms with Gasteiger partial charge in [-0.15, -0.1) is 11.3 Å². The number of aryl methyl sites for hydroxylation is 1. The van der Waals surface area contributed by atoms with Crippen molar-refractivity contribution in [3.63, 3.8) is 0 Å². The van der Waals surface area contributed by atoms with Crippen LogP contribution in [-0.4, -0.2) is 25.0 Å². The Morgan fingerprint density at radius 3 is 2.58 bits per heavy atom. The molecular formula is C25H20N2O3S. The van der Waals surface area contributed by atoms with E-state index in [1.54, 1.807) is 26.4 Å². The number of nitriles is 1. The van der Waals surface area contributed by atoms with E-state index in [9.17, 15) is 10.1 Å². The summed E-state index contributed by atoms with van der Waals surface area (Å²) in [6, 6.07) is 19.3. The maximum Gasteiger partial charge on any atom is 0.187 e. The molecule has 1 heterocycles. The van der Waals surface area contributed by atoms with Gasteiger partial charge in [-0.05, 0) is 41.5 Å². The molecule has 31 heavy (non-hydrogen) atoms. The summed E-state index contributed by atoms with van der Waals surface area (Å²) in [5.74, 6) is 0.0190. The highest BCUT2D eigenvalue weighted by Gasteiger charge is 2.27. The second kappa shape index (κ2) is 8.58. The highest BCUT2D eigenvalue weighted by Crippen LogP contribution is 2.35.